The lowest BCUT2D eigenvalue weighted by atomic mass is 9.74. The molecule has 0 saturated carbocycles. The number of benzene rings is 3. The average molecular weight is 506 g/mol. The molecule has 0 radical (unpaired) electrons. The molecule has 0 N–H and O–H groups in total. The third-order valence-corrected chi connectivity index (χ3v) is 6.96. The molecule has 6 heteroatoms. The molecule has 0 aliphatic carbocycles. The van der Waals surface area contributed by atoms with Crippen LogP contribution in [0.1, 0.15) is 35.7 Å². The standard InChI is InChI=1S/C32H31N3O3/c1-2-38-31(37)24-35-21-18-29(33-35)22-25-23-34(20-19-30(25)36)32(26-12-6-3-7-13-26,27-14-8-4-9-15-27)28-16-10-5-11-17-28/h3-18,21-22H,2,19-20,23-24H2,1H3. The number of likely N-dealkylation sites (tertiary alicyclic amines) is 1. The van der Waals surface area contributed by atoms with Gasteiger partial charge in [0.1, 0.15) is 6.54 Å². The lowest BCUT2D eigenvalue weighted by molar-refractivity contribution is -0.144. The topological polar surface area (TPSA) is 64.4 Å². The van der Waals surface area contributed by atoms with Crippen LogP contribution in [-0.2, 0) is 26.4 Å². The van der Waals surface area contributed by atoms with Gasteiger partial charge in [-0.3, -0.25) is 19.2 Å². The van der Waals surface area contributed by atoms with Gasteiger partial charge in [0.15, 0.2) is 5.78 Å². The first-order valence-electron chi connectivity index (χ1n) is 13.0. The minimum absolute atomic E-state index is 0.0379. The molecule has 0 spiro atoms. The Morgan fingerprint density at radius 2 is 1.45 bits per heavy atom. The normalized spacial score (nSPS) is 15.5. The van der Waals surface area contributed by atoms with E-state index in [1.54, 1.807) is 13.1 Å². The van der Waals surface area contributed by atoms with Crippen molar-refractivity contribution >= 4 is 17.8 Å². The predicted molar refractivity (Wildman–Crippen MR) is 147 cm³/mol. The molecule has 1 aromatic heterocycles. The first-order chi connectivity index (χ1) is 18.6. The zero-order valence-electron chi connectivity index (χ0n) is 21.5. The number of nitrogens with zero attached hydrogens (tertiary/aromatic N) is 3. The third kappa shape index (κ3) is 5.08. The van der Waals surface area contributed by atoms with Crippen molar-refractivity contribution < 1.29 is 14.3 Å². The number of piperidine rings is 1. The lowest BCUT2D eigenvalue weighted by Crippen LogP contribution is -2.52. The second kappa shape index (κ2) is 11.4. The summed E-state index contributed by atoms with van der Waals surface area (Å²) in [6, 6.07) is 33.3. The van der Waals surface area contributed by atoms with E-state index in [2.05, 4.69) is 82.8 Å². The molecule has 0 bridgehead atoms. The summed E-state index contributed by atoms with van der Waals surface area (Å²) in [5.74, 6) is -0.225. The van der Waals surface area contributed by atoms with Crippen LogP contribution in [0.2, 0.25) is 0 Å². The van der Waals surface area contributed by atoms with E-state index in [0.717, 1.165) is 16.7 Å². The van der Waals surface area contributed by atoms with Gasteiger partial charge in [0.2, 0.25) is 0 Å². The molecule has 38 heavy (non-hydrogen) atoms. The Morgan fingerprint density at radius 3 is 1.97 bits per heavy atom. The maximum absolute atomic E-state index is 13.1. The van der Waals surface area contributed by atoms with Crippen molar-refractivity contribution in [3.63, 3.8) is 0 Å². The van der Waals surface area contributed by atoms with E-state index >= 15 is 0 Å². The van der Waals surface area contributed by atoms with Crippen molar-refractivity contribution in [1.29, 1.82) is 0 Å². The largest absolute Gasteiger partial charge is 0.465 e. The average Bonchev–Trinajstić information content (AvgIpc) is 3.39. The molecule has 4 aromatic rings. The molecular weight excluding hydrogens is 474 g/mol. The fourth-order valence-electron chi connectivity index (χ4n) is 5.33. The third-order valence-electron chi connectivity index (χ3n) is 6.96. The van der Waals surface area contributed by atoms with Crippen molar-refractivity contribution in [3.05, 3.63) is 131 Å². The molecule has 192 valence electrons. The Kier molecular flexibility index (Phi) is 7.61. The smallest absolute Gasteiger partial charge is 0.327 e. The number of carbonyl (C=O) groups excluding carboxylic acids is 2. The van der Waals surface area contributed by atoms with Crippen LogP contribution in [0.25, 0.3) is 6.08 Å². The van der Waals surface area contributed by atoms with Crippen molar-refractivity contribution in [2.45, 2.75) is 25.4 Å². The van der Waals surface area contributed by atoms with Crippen molar-refractivity contribution in [1.82, 2.24) is 14.7 Å². The van der Waals surface area contributed by atoms with Gasteiger partial charge in [0.25, 0.3) is 0 Å². The van der Waals surface area contributed by atoms with E-state index < -0.39 is 5.54 Å². The highest BCUT2D eigenvalue weighted by Gasteiger charge is 2.44. The number of aromatic nitrogens is 2. The molecular formula is C32H31N3O3. The van der Waals surface area contributed by atoms with Crippen LogP contribution in [0, 0.1) is 0 Å². The number of ether oxygens (including phenoxy) is 1. The number of Topliss-reactive ketones (excluding diaryl/α,β-unsaturated/α-hetero) is 1. The fourth-order valence-corrected chi connectivity index (χ4v) is 5.33. The van der Waals surface area contributed by atoms with Gasteiger partial charge in [-0.1, -0.05) is 91.0 Å². The second-order valence-electron chi connectivity index (χ2n) is 9.32. The van der Waals surface area contributed by atoms with E-state index in [4.69, 9.17) is 4.74 Å². The number of hydrogen-bond donors (Lipinski definition) is 0. The Hall–Kier alpha value is -4.29. The number of hydrogen-bond acceptors (Lipinski definition) is 5. The summed E-state index contributed by atoms with van der Waals surface area (Å²) in [4.78, 5) is 27.4. The maximum atomic E-state index is 13.1. The van der Waals surface area contributed by atoms with E-state index in [-0.39, 0.29) is 18.3 Å². The molecule has 1 aliphatic rings. The minimum Gasteiger partial charge on any atom is -0.465 e. The number of ketones is 1. The van der Waals surface area contributed by atoms with Gasteiger partial charge >= 0.3 is 5.97 Å². The number of esters is 1. The Morgan fingerprint density at radius 1 is 0.895 bits per heavy atom. The van der Waals surface area contributed by atoms with Gasteiger partial charge in [-0.05, 0) is 35.8 Å². The summed E-state index contributed by atoms with van der Waals surface area (Å²) in [6.45, 7) is 3.22. The van der Waals surface area contributed by atoms with Gasteiger partial charge < -0.3 is 4.74 Å². The highest BCUT2D eigenvalue weighted by Crippen LogP contribution is 2.43. The summed E-state index contributed by atoms with van der Waals surface area (Å²) in [5, 5.41) is 4.49. The van der Waals surface area contributed by atoms with Gasteiger partial charge in [0, 0.05) is 31.3 Å². The summed E-state index contributed by atoms with van der Waals surface area (Å²) in [6.07, 6.45) is 3.99. The molecule has 0 unspecified atom stereocenters. The van der Waals surface area contributed by atoms with Gasteiger partial charge in [0.05, 0.1) is 17.8 Å². The molecule has 0 atom stereocenters. The number of carbonyl (C=O) groups is 2. The molecule has 2 heterocycles. The quantitative estimate of drug-likeness (QED) is 0.189. The Labute approximate surface area is 223 Å². The maximum Gasteiger partial charge on any atom is 0.327 e. The van der Waals surface area contributed by atoms with Crippen LogP contribution in [0.4, 0.5) is 0 Å². The van der Waals surface area contributed by atoms with Crippen LogP contribution in [0.3, 0.4) is 0 Å². The molecule has 5 rings (SSSR count). The highest BCUT2D eigenvalue weighted by atomic mass is 16.5. The molecule has 1 aliphatic heterocycles. The SMILES string of the molecule is CCOC(=O)Cn1ccc(C=C2CN(C(c3ccccc3)(c3ccccc3)c3ccccc3)CCC2=O)n1. The van der Waals surface area contributed by atoms with Gasteiger partial charge in [-0.25, -0.2) is 0 Å². The van der Waals surface area contributed by atoms with E-state index in [1.165, 1.54) is 4.68 Å². The van der Waals surface area contributed by atoms with Crippen molar-refractivity contribution in [2.75, 3.05) is 19.7 Å². The molecule has 6 nitrogen and oxygen atoms in total. The van der Waals surface area contributed by atoms with Crippen molar-refractivity contribution in [2.24, 2.45) is 0 Å². The van der Waals surface area contributed by atoms with Crippen LogP contribution < -0.4 is 0 Å². The van der Waals surface area contributed by atoms with Crippen LogP contribution >= 0.6 is 0 Å². The fraction of sp³-hybridized carbons (Fsp3) is 0.219. The van der Waals surface area contributed by atoms with Crippen molar-refractivity contribution in [3.8, 4) is 0 Å². The monoisotopic (exact) mass is 505 g/mol. The minimum atomic E-state index is -0.590. The summed E-state index contributed by atoms with van der Waals surface area (Å²) in [7, 11) is 0. The predicted octanol–water partition coefficient (Wildman–Crippen LogP) is 5.10. The second-order valence-corrected chi connectivity index (χ2v) is 9.32. The summed E-state index contributed by atoms with van der Waals surface area (Å²) in [5.41, 5.74) is 4.18. The van der Waals surface area contributed by atoms with E-state index in [9.17, 15) is 9.59 Å². The number of rotatable bonds is 8. The van der Waals surface area contributed by atoms with E-state index in [1.807, 2.05) is 30.3 Å². The Bertz CT molecular complexity index is 1320. The summed E-state index contributed by atoms with van der Waals surface area (Å²) < 4.78 is 6.56. The lowest BCUT2D eigenvalue weighted by Gasteiger charge is -2.47. The van der Waals surface area contributed by atoms with E-state index in [0.29, 0.717) is 37.4 Å². The Balaban J connectivity index is 1.57. The highest BCUT2D eigenvalue weighted by molar-refractivity contribution is 6.00. The zero-order chi connectivity index (χ0) is 26.4. The molecule has 1 fully saturated rings. The first kappa shape index (κ1) is 25.4. The molecule has 3 aromatic carbocycles. The molecule has 1 saturated heterocycles. The van der Waals surface area contributed by atoms with Crippen LogP contribution in [0.15, 0.2) is 109 Å². The van der Waals surface area contributed by atoms with Gasteiger partial charge in [-0.2, -0.15) is 5.10 Å². The zero-order valence-corrected chi connectivity index (χ0v) is 21.5. The summed E-state index contributed by atoms with van der Waals surface area (Å²) >= 11 is 0. The van der Waals surface area contributed by atoms with Gasteiger partial charge in [-0.15, -0.1) is 0 Å². The first-order valence-corrected chi connectivity index (χ1v) is 13.0. The van der Waals surface area contributed by atoms with Crippen LogP contribution in [0.5, 0.6) is 0 Å². The van der Waals surface area contributed by atoms with Crippen LogP contribution in [-0.4, -0.2) is 46.1 Å². The molecule has 0 amide bonds.